The van der Waals surface area contributed by atoms with Crippen LogP contribution in [0.3, 0.4) is 0 Å². The topological polar surface area (TPSA) is 107 Å². The summed E-state index contributed by atoms with van der Waals surface area (Å²) in [4.78, 5) is 29.2. The van der Waals surface area contributed by atoms with Gasteiger partial charge in [-0.25, -0.2) is 9.78 Å². The van der Waals surface area contributed by atoms with Crippen molar-refractivity contribution in [3.05, 3.63) is 53.9 Å². The zero-order valence-corrected chi connectivity index (χ0v) is 17.0. The molecule has 0 spiro atoms. The van der Waals surface area contributed by atoms with E-state index in [2.05, 4.69) is 10.3 Å². The third-order valence-electron chi connectivity index (χ3n) is 5.10. The molecule has 1 aromatic heterocycles. The van der Waals surface area contributed by atoms with Crippen LogP contribution in [-0.4, -0.2) is 54.4 Å². The van der Waals surface area contributed by atoms with Gasteiger partial charge >= 0.3 is 5.97 Å². The first-order chi connectivity index (χ1) is 14.5. The number of carbonyl (C=O) groups is 2. The van der Waals surface area contributed by atoms with Crippen LogP contribution in [0.2, 0.25) is 0 Å². The van der Waals surface area contributed by atoms with Crippen molar-refractivity contribution in [2.24, 2.45) is 5.92 Å². The second-order valence-corrected chi connectivity index (χ2v) is 7.19. The number of nitrogens with one attached hydrogen (secondary N) is 1. The van der Waals surface area contributed by atoms with E-state index in [0.717, 1.165) is 5.56 Å². The number of hydrogen-bond donors (Lipinski definition) is 2. The fourth-order valence-electron chi connectivity index (χ4n) is 3.32. The van der Waals surface area contributed by atoms with E-state index in [0.29, 0.717) is 13.0 Å². The molecule has 2 N–H and O–H groups in total. The summed E-state index contributed by atoms with van der Waals surface area (Å²) in [6.07, 6.45) is 1.92. The van der Waals surface area contributed by atoms with Crippen molar-refractivity contribution in [1.82, 2.24) is 10.3 Å². The lowest BCUT2D eigenvalue weighted by molar-refractivity contribution is -0.153. The number of esters is 1. The van der Waals surface area contributed by atoms with Crippen molar-refractivity contribution in [1.29, 1.82) is 0 Å². The maximum absolute atomic E-state index is 12.7. The Bertz CT molecular complexity index is 873. The van der Waals surface area contributed by atoms with Gasteiger partial charge in [0.05, 0.1) is 13.7 Å². The molecule has 2 heterocycles. The van der Waals surface area contributed by atoms with Crippen LogP contribution < -0.4 is 10.1 Å². The van der Waals surface area contributed by atoms with Crippen LogP contribution in [-0.2, 0) is 20.7 Å². The molecule has 0 unspecified atom stereocenters. The van der Waals surface area contributed by atoms with E-state index >= 15 is 0 Å². The normalized spacial score (nSPS) is 22.2. The molecule has 1 fully saturated rings. The molecule has 0 saturated carbocycles. The Morgan fingerprint density at radius 1 is 1.30 bits per heavy atom. The first kappa shape index (κ1) is 21.6. The first-order valence-corrected chi connectivity index (χ1v) is 9.84. The summed E-state index contributed by atoms with van der Waals surface area (Å²) in [6, 6.07) is 10.5. The van der Waals surface area contributed by atoms with Crippen molar-refractivity contribution in [3.63, 3.8) is 0 Å². The van der Waals surface area contributed by atoms with Gasteiger partial charge in [-0.15, -0.1) is 0 Å². The van der Waals surface area contributed by atoms with Crippen molar-refractivity contribution >= 4 is 11.9 Å². The summed E-state index contributed by atoms with van der Waals surface area (Å²) < 4.78 is 16.4. The fourth-order valence-corrected chi connectivity index (χ4v) is 3.32. The molecule has 1 aliphatic rings. The first-order valence-electron chi connectivity index (χ1n) is 9.84. The van der Waals surface area contributed by atoms with Crippen molar-refractivity contribution in [2.45, 2.75) is 31.9 Å². The Hall–Kier alpha value is -3.13. The molecule has 3 rings (SSSR count). The lowest BCUT2D eigenvalue weighted by atomic mass is 9.95. The average Bonchev–Trinajstić information content (AvgIpc) is 2.80. The molecule has 8 nitrogen and oxygen atoms in total. The molecular formula is C22H26N2O6. The molecular weight excluding hydrogens is 388 g/mol. The summed E-state index contributed by atoms with van der Waals surface area (Å²) in [6.45, 7) is 2.56. The number of hydrogen-bond acceptors (Lipinski definition) is 7. The minimum atomic E-state index is -0.914. The van der Waals surface area contributed by atoms with E-state index in [1.807, 2.05) is 37.3 Å². The van der Waals surface area contributed by atoms with E-state index in [1.54, 1.807) is 0 Å². The molecule has 0 aliphatic carbocycles. The second-order valence-electron chi connectivity index (χ2n) is 7.19. The third-order valence-corrected chi connectivity index (χ3v) is 5.10. The maximum Gasteiger partial charge on any atom is 0.329 e. The molecule has 1 saturated heterocycles. The van der Waals surface area contributed by atoms with Gasteiger partial charge in [0, 0.05) is 31.2 Å². The molecule has 3 atom stereocenters. The van der Waals surface area contributed by atoms with Gasteiger partial charge in [-0.05, 0) is 18.9 Å². The van der Waals surface area contributed by atoms with Crippen molar-refractivity contribution < 1.29 is 28.9 Å². The van der Waals surface area contributed by atoms with Gasteiger partial charge in [-0.3, -0.25) is 4.79 Å². The van der Waals surface area contributed by atoms with Gasteiger partial charge in [0.25, 0.3) is 5.91 Å². The van der Waals surface area contributed by atoms with E-state index in [-0.39, 0.29) is 36.1 Å². The van der Waals surface area contributed by atoms with Crippen molar-refractivity contribution in [2.75, 3.05) is 20.3 Å². The Morgan fingerprint density at radius 2 is 2.07 bits per heavy atom. The summed E-state index contributed by atoms with van der Waals surface area (Å²) in [5.74, 6) is -1.51. The van der Waals surface area contributed by atoms with E-state index in [9.17, 15) is 14.7 Å². The molecule has 0 bridgehead atoms. The molecule has 160 valence electrons. The number of nitrogens with zero attached hydrogens (tertiary/aromatic N) is 1. The minimum absolute atomic E-state index is 0.00472. The predicted molar refractivity (Wildman–Crippen MR) is 108 cm³/mol. The number of aromatic hydroxyl groups is 1. The molecule has 2 aromatic rings. The highest BCUT2D eigenvalue weighted by atomic mass is 16.5. The summed E-state index contributed by atoms with van der Waals surface area (Å²) in [5, 5.41) is 12.7. The number of carbonyl (C=O) groups excluding carboxylic acids is 2. The largest absolute Gasteiger partial charge is 0.503 e. The number of methoxy groups -OCH3 is 1. The monoisotopic (exact) mass is 414 g/mol. The van der Waals surface area contributed by atoms with Gasteiger partial charge in [-0.1, -0.05) is 30.3 Å². The highest BCUT2D eigenvalue weighted by Crippen LogP contribution is 2.27. The van der Waals surface area contributed by atoms with Gasteiger partial charge in [-0.2, -0.15) is 0 Å². The van der Waals surface area contributed by atoms with E-state index < -0.39 is 24.0 Å². The number of aromatic nitrogens is 1. The zero-order valence-electron chi connectivity index (χ0n) is 17.0. The molecule has 0 radical (unpaired) electrons. The molecule has 1 aliphatic heterocycles. The number of cyclic esters (lactones) is 1. The van der Waals surface area contributed by atoms with Crippen LogP contribution in [0, 0.1) is 5.92 Å². The van der Waals surface area contributed by atoms with Gasteiger partial charge in [0.15, 0.2) is 17.2 Å². The number of amides is 1. The van der Waals surface area contributed by atoms with Gasteiger partial charge < -0.3 is 24.6 Å². The van der Waals surface area contributed by atoms with Crippen LogP contribution >= 0.6 is 0 Å². The van der Waals surface area contributed by atoms with Crippen LogP contribution in [0.4, 0.5) is 0 Å². The highest BCUT2D eigenvalue weighted by Gasteiger charge is 2.31. The summed E-state index contributed by atoms with van der Waals surface area (Å²) in [7, 11) is 1.37. The van der Waals surface area contributed by atoms with Crippen LogP contribution in [0.25, 0.3) is 0 Å². The standard InChI is InChI=1S/C22H26N2O6/c1-14-16(12-15-6-4-3-5-7-15)13-29-11-9-17(22(27)30-14)24-21(26)19-20(25)18(28-2)8-10-23-19/h3-8,10,14,16-17,25H,9,11-13H2,1-2H3,(H,24,26)/t14-,16+,17-/m0/s1. The molecule has 1 aromatic carbocycles. The SMILES string of the molecule is COc1ccnc(C(=O)N[C@H]2CCOC[C@@H](Cc3ccccc3)[C@H](C)OC2=O)c1O. The number of rotatable bonds is 5. The predicted octanol–water partition coefficient (Wildman–Crippen LogP) is 2.11. The zero-order chi connectivity index (χ0) is 21.5. The summed E-state index contributed by atoms with van der Waals surface area (Å²) >= 11 is 0. The van der Waals surface area contributed by atoms with Gasteiger partial charge in [0.1, 0.15) is 12.1 Å². The van der Waals surface area contributed by atoms with E-state index in [1.165, 1.54) is 19.4 Å². The van der Waals surface area contributed by atoms with Crippen LogP contribution in [0.5, 0.6) is 11.5 Å². The summed E-state index contributed by atoms with van der Waals surface area (Å²) in [5.41, 5.74) is 0.913. The van der Waals surface area contributed by atoms with Gasteiger partial charge in [0.2, 0.25) is 0 Å². The molecule has 1 amide bonds. The number of benzene rings is 1. The highest BCUT2D eigenvalue weighted by molar-refractivity contribution is 5.97. The Morgan fingerprint density at radius 3 is 2.80 bits per heavy atom. The smallest absolute Gasteiger partial charge is 0.329 e. The average molecular weight is 414 g/mol. The minimum Gasteiger partial charge on any atom is -0.503 e. The van der Waals surface area contributed by atoms with E-state index in [4.69, 9.17) is 14.2 Å². The number of pyridine rings is 1. The Labute approximate surface area is 175 Å². The van der Waals surface area contributed by atoms with Crippen molar-refractivity contribution in [3.8, 4) is 11.5 Å². The lowest BCUT2D eigenvalue weighted by Gasteiger charge is -2.24. The molecule has 30 heavy (non-hydrogen) atoms. The lowest BCUT2D eigenvalue weighted by Crippen LogP contribution is -2.43. The van der Waals surface area contributed by atoms with Crippen LogP contribution in [0.1, 0.15) is 29.4 Å². The second kappa shape index (κ2) is 10.1. The Balaban J connectivity index is 1.68. The number of ether oxygens (including phenoxy) is 3. The van der Waals surface area contributed by atoms with Crippen LogP contribution in [0.15, 0.2) is 42.6 Å². The Kier molecular flexibility index (Phi) is 7.24. The quantitative estimate of drug-likeness (QED) is 0.722. The molecule has 8 heteroatoms. The fraction of sp³-hybridized carbons (Fsp3) is 0.409. The maximum atomic E-state index is 12.7. The third kappa shape index (κ3) is 5.27.